The third kappa shape index (κ3) is 2.76. The summed E-state index contributed by atoms with van der Waals surface area (Å²) < 4.78 is 5.22. The van der Waals surface area contributed by atoms with Crippen molar-refractivity contribution in [3.8, 4) is 5.75 Å². The predicted molar refractivity (Wildman–Crippen MR) is 83.9 cm³/mol. The maximum Gasteiger partial charge on any atom is 0.233 e. The summed E-state index contributed by atoms with van der Waals surface area (Å²) in [5.41, 5.74) is 0.940. The van der Waals surface area contributed by atoms with E-state index in [0.29, 0.717) is 5.95 Å². The Balaban J connectivity index is 1.84. The van der Waals surface area contributed by atoms with Crippen molar-refractivity contribution in [2.75, 3.05) is 12.4 Å². The van der Waals surface area contributed by atoms with Crippen LogP contribution in [0.15, 0.2) is 42.7 Å². The van der Waals surface area contributed by atoms with Crippen LogP contribution in [-0.2, 0) is 4.79 Å². The number of aromatic amines is 1. The van der Waals surface area contributed by atoms with Crippen LogP contribution in [0, 0.1) is 0 Å². The lowest BCUT2D eigenvalue weighted by Gasteiger charge is -2.12. The number of fused-ring (bicyclic) bond motifs is 1. The van der Waals surface area contributed by atoms with E-state index in [1.165, 1.54) is 6.33 Å². The van der Waals surface area contributed by atoms with Crippen molar-refractivity contribution < 1.29 is 9.53 Å². The standard InChI is InChI=1S/C16H16N4O2/c1-10(15(21)19-16-17-9-18-20-16)11-3-4-13-8-14(22-2)6-5-12(13)7-11/h3-10H,1-2H3,(H2,17,18,19,20,21). The maximum absolute atomic E-state index is 12.2. The van der Waals surface area contributed by atoms with E-state index in [1.807, 2.05) is 43.3 Å². The Labute approximate surface area is 127 Å². The molecule has 2 aromatic carbocycles. The number of methoxy groups -OCH3 is 1. The lowest BCUT2D eigenvalue weighted by Crippen LogP contribution is -2.19. The fourth-order valence-corrected chi connectivity index (χ4v) is 2.28. The van der Waals surface area contributed by atoms with Crippen LogP contribution in [-0.4, -0.2) is 28.2 Å². The lowest BCUT2D eigenvalue weighted by molar-refractivity contribution is -0.117. The normalized spacial score (nSPS) is 12.1. The van der Waals surface area contributed by atoms with Gasteiger partial charge in [-0.15, -0.1) is 0 Å². The number of benzene rings is 2. The van der Waals surface area contributed by atoms with E-state index in [4.69, 9.17) is 4.74 Å². The third-order valence-corrected chi connectivity index (χ3v) is 3.62. The molecule has 22 heavy (non-hydrogen) atoms. The van der Waals surface area contributed by atoms with Crippen molar-refractivity contribution in [2.24, 2.45) is 0 Å². The molecule has 0 fully saturated rings. The number of amides is 1. The Kier molecular flexibility index (Phi) is 3.74. The van der Waals surface area contributed by atoms with Gasteiger partial charge in [-0.05, 0) is 35.4 Å². The van der Waals surface area contributed by atoms with Crippen molar-refractivity contribution >= 4 is 22.6 Å². The van der Waals surface area contributed by atoms with E-state index in [1.54, 1.807) is 7.11 Å². The molecule has 112 valence electrons. The molecule has 1 amide bonds. The van der Waals surface area contributed by atoms with Gasteiger partial charge in [0.05, 0.1) is 13.0 Å². The van der Waals surface area contributed by atoms with Gasteiger partial charge >= 0.3 is 0 Å². The molecule has 0 radical (unpaired) electrons. The van der Waals surface area contributed by atoms with E-state index in [9.17, 15) is 4.79 Å². The van der Waals surface area contributed by atoms with Crippen molar-refractivity contribution in [1.82, 2.24) is 15.2 Å². The molecule has 2 N–H and O–H groups in total. The average molecular weight is 296 g/mol. The van der Waals surface area contributed by atoms with Crippen LogP contribution in [0.3, 0.4) is 0 Å². The number of nitrogens with zero attached hydrogens (tertiary/aromatic N) is 2. The molecule has 1 atom stereocenters. The maximum atomic E-state index is 12.2. The highest BCUT2D eigenvalue weighted by molar-refractivity contribution is 5.95. The summed E-state index contributed by atoms with van der Waals surface area (Å²) in [6, 6.07) is 11.8. The van der Waals surface area contributed by atoms with Gasteiger partial charge in [-0.3, -0.25) is 10.1 Å². The quantitative estimate of drug-likeness (QED) is 0.775. The highest BCUT2D eigenvalue weighted by atomic mass is 16.5. The molecule has 1 aromatic heterocycles. The Morgan fingerprint density at radius 1 is 1.23 bits per heavy atom. The fourth-order valence-electron chi connectivity index (χ4n) is 2.28. The van der Waals surface area contributed by atoms with Crippen molar-refractivity contribution in [3.63, 3.8) is 0 Å². The second-order valence-corrected chi connectivity index (χ2v) is 5.02. The first-order chi connectivity index (χ1) is 10.7. The summed E-state index contributed by atoms with van der Waals surface area (Å²) in [5.74, 6) is 0.736. The van der Waals surface area contributed by atoms with Gasteiger partial charge < -0.3 is 4.74 Å². The Morgan fingerprint density at radius 2 is 2.00 bits per heavy atom. The molecule has 0 aliphatic carbocycles. The second kappa shape index (κ2) is 5.85. The molecule has 3 aromatic rings. The zero-order valence-electron chi connectivity index (χ0n) is 12.3. The minimum Gasteiger partial charge on any atom is -0.497 e. The van der Waals surface area contributed by atoms with Crippen LogP contribution in [0.1, 0.15) is 18.4 Å². The van der Waals surface area contributed by atoms with E-state index in [2.05, 4.69) is 20.5 Å². The Morgan fingerprint density at radius 3 is 2.73 bits per heavy atom. The Bertz CT molecular complexity index is 799. The van der Waals surface area contributed by atoms with E-state index < -0.39 is 0 Å². The summed E-state index contributed by atoms with van der Waals surface area (Å²) in [7, 11) is 1.64. The molecule has 0 saturated heterocycles. The summed E-state index contributed by atoms with van der Waals surface area (Å²) in [6.45, 7) is 1.86. The monoisotopic (exact) mass is 296 g/mol. The minimum atomic E-state index is -0.295. The molecule has 6 nitrogen and oxygen atoms in total. The number of hydrogen-bond acceptors (Lipinski definition) is 4. The number of H-pyrrole nitrogens is 1. The molecule has 0 spiro atoms. The van der Waals surface area contributed by atoms with Gasteiger partial charge in [0.1, 0.15) is 12.1 Å². The number of hydrogen-bond donors (Lipinski definition) is 2. The van der Waals surface area contributed by atoms with Crippen LogP contribution in [0.4, 0.5) is 5.95 Å². The van der Waals surface area contributed by atoms with Gasteiger partial charge in [0.25, 0.3) is 0 Å². The molecule has 3 rings (SSSR count). The van der Waals surface area contributed by atoms with Gasteiger partial charge in [-0.25, -0.2) is 5.10 Å². The fraction of sp³-hybridized carbons (Fsp3) is 0.188. The third-order valence-electron chi connectivity index (χ3n) is 3.62. The molecule has 0 aliphatic heterocycles. The number of carbonyl (C=O) groups is 1. The number of rotatable bonds is 4. The first-order valence-corrected chi connectivity index (χ1v) is 6.91. The van der Waals surface area contributed by atoms with Crippen LogP contribution < -0.4 is 10.1 Å². The number of aromatic nitrogens is 3. The number of nitrogens with one attached hydrogen (secondary N) is 2. The summed E-state index contributed by atoms with van der Waals surface area (Å²) in [6.07, 6.45) is 1.35. The van der Waals surface area contributed by atoms with Gasteiger partial charge in [0.2, 0.25) is 11.9 Å². The van der Waals surface area contributed by atoms with Crippen LogP contribution >= 0.6 is 0 Å². The predicted octanol–water partition coefficient (Wildman–Crippen LogP) is 2.71. The molecular formula is C16H16N4O2. The molecule has 0 saturated carbocycles. The molecule has 6 heteroatoms. The SMILES string of the molecule is COc1ccc2cc(C(C)C(=O)Nc3ncn[nH]3)ccc2c1. The second-order valence-electron chi connectivity index (χ2n) is 5.02. The zero-order chi connectivity index (χ0) is 15.5. The van der Waals surface area contributed by atoms with E-state index >= 15 is 0 Å². The minimum absolute atomic E-state index is 0.135. The van der Waals surface area contributed by atoms with Crippen molar-refractivity contribution in [3.05, 3.63) is 48.3 Å². The van der Waals surface area contributed by atoms with Crippen LogP contribution in [0.5, 0.6) is 5.75 Å². The van der Waals surface area contributed by atoms with Crippen LogP contribution in [0.25, 0.3) is 10.8 Å². The average Bonchev–Trinajstić information content (AvgIpc) is 3.06. The number of carbonyl (C=O) groups excluding carboxylic acids is 1. The summed E-state index contributed by atoms with van der Waals surface area (Å²) in [5, 5.41) is 11.2. The molecule has 0 bridgehead atoms. The van der Waals surface area contributed by atoms with Gasteiger partial charge in [0.15, 0.2) is 0 Å². The smallest absolute Gasteiger partial charge is 0.233 e. The highest BCUT2D eigenvalue weighted by Gasteiger charge is 2.16. The number of anilines is 1. The highest BCUT2D eigenvalue weighted by Crippen LogP contribution is 2.25. The topological polar surface area (TPSA) is 79.9 Å². The van der Waals surface area contributed by atoms with Crippen molar-refractivity contribution in [2.45, 2.75) is 12.8 Å². The first-order valence-electron chi connectivity index (χ1n) is 6.91. The van der Waals surface area contributed by atoms with Crippen molar-refractivity contribution in [1.29, 1.82) is 0 Å². The molecule has 0 aliphatic rings. The van der Waals surface area contributed by atoms with Gasteiger partial charge in [-0.2, -0.15) is 10.1 Å². The van der Waals surface area contributed by atoms with Gasteiger partial charge in [-0.1, -0.05) is 24.3 Å². The van der Waals surface area contributed by atoms with E-state index in [0.717, 1.165) is 22.1 Å². The van der Waals surface area contributed by atoms with E-state index in [-0.39, 0.29) is 11.8 Å². The first kappa shape index (κ1) is 14.1. The largest absolute Gasteiger partial charge is 0.497 e. The summed E-state index contributed by atoms with van der Waals surface area (Å²) in [4.78, 5) is 16.1. The summed E-state index contributed by atoms with van der Waals surface area (Å²) >= 11 is 0. The Hall–Kier alpha value is -2.89. The van der Waals surface area contributed by atoms with Gasteiger partial charge in [0, 0.05) is 0 Å². The molecular weight excluding hydrogens is 280 g/mol. The molecule has 1 unspecified atom stereocenters. The zero-order valence-corrected chi connectivity index (χ0v) is 12.3. The van der Waals surface area contributed by atoms with Crippen LogP contribution in [0.2, 0.25) is 0 Å². The molecule has 1 heterocycles. The lowest BCUT2D eigenvalue weighted by atomic mass is 9.97. The number of ether oxygens (including phenoxy) is 1.